The molecule has 2 aromatic rings. The van der Waals surface area contributed by atoms with Gasteiger partial charge in [-0.2, -0.15) is 0 Å². The van der Waals surface area contributed by atoms with Crippen LogP contribution < -0.4 is 9.47 Å². The molecule has 0 aliphatic carbocycles. The maximum absolute atomic E-state index is 10.2. The van der Waals surface area contributed by atoms with Gasteiger partial charge in [0.1, 0.15) is 0 Å². The van der Waals surface area contributed by atoms with Gasteiger partial charge in [0.15, 0.2) is 11.5 Å². The molecule has 2 aromatic carbocycles. The number of methoxy groups -OCH3 is 2. The molecule has 1 unspecified atom stereocenters. The predicted molar refractivity (Wildman–Crippen MR) is 79.3 cm³/mol. The van der Waals surface area contributed by atoms with Gasteiger partial charge in [0.25, 0.3) is 0 Å². The summed E-state index contributed by atoms with van der Waals surface area (Å²) in [5, 5.41) is 10.2. The van der Waals surface area contributed by atoms with Crippen LogP contribution in [0.5, 0.6) is 11.5 Å². The molecular weight excluding hydrogens is 252 g/mol. The Morgan fingerprint density at radius 1 is 0.950 bits per heavy atom. The number of aliphatic hydroxyl groups is 1. The second-order valence-corrected chi connectivity index (χ2v) is 4.65. The highest BCUT2D eigenvalue weighted by atomic mass is 16.5. The first-order valence-corrected chi connectivity index (χ1v) is 6.68. The molecule has 0 bridgehead atoms. The molecule has 0 aromatic heterocycles. The molecule has 0 heterocycles. The molecule has 1 atom stereocenters. The third kappa shape index (κ3) is 3.52. The molecule has 0 radical (unpaired) electrons. The van der Waals surface area contributed by atoms with Gasteiger partial charge in [-0.1, -0.05) is 36.4 Å². The molecule has 0 aliphatic heterocycles. The first-order valence-electron chi connectivity index (χ1n) is 6.68. The van der Waals surface area contributed by atoms with Crippen LogP contribution in [0.4, 0.5) is 0 Å². The third-order valence-electron chi connectivity index (χ3n) is 3.34. The number of aliphatic hydroxyl groups excluding tert-OH is 1. The summed E-state index contributed by atoms with van der Waals surface area (Å²) in [6.45, 7) is 0. The molecule has 20 heavy (non-hydrogen) atoms. The van der Waals surface area contributed by atoms with Crippen molar-refractivity contribution in [2.45, 2.75) is 18.9 Å². The summed E-state index contributed by atoms with van der Waals surface area (Å²) in [6.07, 6.45) is 1.03. The summed E-state index contributed by atoms with van der Waals surface area (Å²) in [5.41, 5.74) is 2.07. The van der Waals surface area contributed by atoms with Gasteiger partial charge < -0.3 is 14.6 Å². The summed E-state index contributed by atoms with van der Waals surface area (Å²) >= 11 is 0. The quantitative estimate of drug-likeness (QED) is 0.876. The first-order chi connectivity index (χ1) is 9.74. The van der Waals surface area contributed by atoms with Crippen LogP contribution in [0.2, 0.25) is 0 Å². The Balaban J connectivity index is 2.00. The molecule has 106 valence electrons. The van der Waals surface area contributed by atoms with Crippen molar-refractivity contribution in [3.8, 4) is 11.5 Å². The summed E-state index contributed by atoms with van der Waals surface area (Å²) in [6, 6.07) is 15.6. The zero-order valence-electron chi connectivity index (χ0n) is 11.9. The minimum atomic E-state index is -0.440. The molecule has 0 saturated heterocycles. The number of rotatable bonds is 6. The lowest BCUT2D eigenvalue weighted by Crippen LogP contribution is -2.00. The minimum Gasteiger partial charge on any atom is -0.493 e. The van der Waals surface area contributed by atoms with Crippen molar-refractivity contribution >= 4 is 0 Å². The van der Waals surface area contributed by atoms with Crippen LogP contribution in [-0.4, -0.2) is 19.3 Å². The van der Waals surface area contributed by atoms with Crippen molar-refractivity contribution in [2.75, 3.05) is 14.2 Å². The highest BCUT2D eigenvalue weighted by Gasteiger charge is 2.09. The summed E-state index contributed by atoms with van der Waals surface area (Å²) in [4.78, 5) is 0. The molecule has 0 fully saturated rings. The van der Waals surface area contributed by atoms with Crippen LogP contribution in [0.1, 0.15) is 23.7 Å². The standard InChI is InChI=1S/C17H20O3/c1-19-16-11-9-13(12-17(16)20-2)8-10-15(18)14-6-4-3-5-7-14/h3-7,9,11-12,15,18H,8,10H2,1-2H3. The van der Waals surface area contributed by atoms with Gasteiger partial charge in [0.2, 0.25) is 0 Å². The average Bonchev–Trinajstić information content (AvgIpc) is 2.53. The molecule has 2 rings (SSSR count). The van der Waals surface area contributed by atoms with Crippen LogP contribution in [0.15, 0.2) is 48.5 Å². The zero-order valence-corrected chi connectivity index (χ0v) is 11.9. The summed E-state index contributed by atoms with van der Waals surface area (Å²) in [7, 11) is 3.25. The fourth-order valence-corrected chi connectivity index (χ4v) is 2.18. The largest absolute Gasteiger partial charge is 0.493 e. The Labute approximate surface area is 119 Å². The van der Waals surface area contributed by atoms with Gasteiger partial charge in [0.05, 0.1) is 20.3 Å². The van der Waals surface area contributed by atoms with E-state index in [0.29, 0.717) is 6.42 Å². The second kappa shape index (κ2) is 6.96. The van der Waals surface area contributed by atoms with E-state index in [1.807, 2.05) is 48.5 Å². The SMILES string of the molecule is COc1ccc(CCC(O)c2ccccc2)cc1OC. The number of benzene rings is 2. The molecular formula is C17H20O3. The normalized spacial score (nSPS) is 11.9. The number of hydrogen-bond donors (Lipinski definition) is 1. The third-order valence-corrected chi connectivity index (χ3v) is 3.34. The Kier molecular flexibility index (Phi) is 5.02. The van der Waals surface area contributed by atoms with Gasteiger partial charge in [0, 0.05) is 0 Å². The summed E-state index contributed by atoms with van der Waals surface area (Å²) in [5.74, 6) is 1.44. The zero-order chi connectivity index (χ0) is 14.4. The lowest BCUT2D eigenvalue weighted by Gasteiger charge is -2.12. The van der Waals surface area contributed by atoms with Gasteiger partial charge in [-0.05, 0) is 36.1 Å². The van der Waals surface area contributed by atoms with Gasteiger partial charge in [-0.25, -0.2) is 0 Å². The Hall–Kier alpha value is -2.00. The first kappa shape index (κ1) is 14.4. The van der Waals surface area contributed by atoms with E-state index in [-0.39, 0.29) is 0 Å². The number of aryl methyl sites for hydroxylation is 1. The average molecular weight is 272 g/mol. The number of hydrogen-bond acceptors (Lipinski definition) is 3. The highest BCUT2D eigenvalue weighted by molar-refractivity contribution is 5.42. The van der Waals surface area contributed by atoms with Crippen LogP contribution in [0.3, 0.4) is 0 Å². The van der Waals surface area contributed by atoms with E-state index < -0.39 is 6.10 Å². The maximum Gasteiger partial charge on any atom is 0.160 e. The van der Waals surface area contributed by atoms with Crippen LogP contribution >= 0.6 is 0 Å². The molecule has 0 aliphatic rings. The van der Waals surface area contributed by atoms with E-state index in [1.54, 1.807) is 14.2 Å². The van der Waals surface area contributed by atoms with Gasteiger partial charge >= 0.3 is 0 Å². The van der Waals surface area contributed by atoms with Gasteiger partial charge in [-0.15, -0.1) is 0 Å². The van der Waals surface area contributed by atoms with E-state index >= 15 is 0 Å². The maximum atomic E-state index is 10.2. The fraction of sp³-hybridized carbons (Fsp3) is 0.294. The molecule has 3 heteroatoms. The van der Waals surface area contributed by atoms with Crippen LogP contribution in [0, 0.1) is 0 Å². The van der Waals surface area contributed by atoms with Crippen LogP contribution in [-0.2, 0) is 6.42 Å². The van der Waals surface area contributed by atoms with Crippen LogP contribution in [0.25, 0.3) is 0 Å². The van der Waals surface area contributed by atoms with E-state index in [0.717, 1.165) is 29.0 Å². The Morgan fingerprint density at radius 2 is 1.65 bits per heavy atom. The molecule has 0 spiro atoms. The van der Waals surface area contributed by atoms with Crippen molar-refractivity contribution < 1.29 is 14.6 Å². The fourth-order valence-electron chi connectivity index (χ4n) is 2.18. The van der Waals surface area contributed by atoms with Crippen molar-refractivity contribution in [3.05, 3.63) is 59.7 Å². The van der Waals surface area contributed by atoms with E-state index in [4.69, 9.17) is 9.47 Å². The molecule has 0 amide bonds. The second-order valence-electron chi connectivity index (χ2n) is 4.65. The highest BCUT2D eigenvalue weighted by Crippen LogP contribution is 2.29. The van der Waals surface area contributed by atoms with Crippen molar-refractivity contribution in [3.63, 3.8) is 0 Å². The Morgan fingerprint density at radius 3 is 2.30 bits per heavy atom. The van der Waals surface area contributed by atoms with Crippen molar-refractivity contribution in [1.29, 1.82) is 0 Å². The number of ether oxygens (including phenoxy) is 2. The van der Waals surface area contributed by atoms with E-state index in [9.17, 15) is 5.11 Å². The lowest BCUT2D eigenvalue weighted by molar-refractivity contribution is 0.168. The van der Waals surface area contributed by atoms with Crippen molar-refractivity contribution in [2.24, 2.45) is 0 Å². The monoisotopic (exact) mass is 272 g/mol. The van der Waals surface area contributed by atoms with Crippen molar-refractivity contribution in [1.82, 2.24) is 0 Å². The summed E-state index contributed by atoms with van der Waals surface area (Å²) < 4.78 is 10.5. The predicted octanol–water partition coefficient (Wildman–Crippen LogP) is 3.37. The molecule has 0 saturated carbocycles. The Bertz CT molecular complexity index is 537. The molecule has 3 nitrogen and oxygen atoms in total. The minimum absolute atomic E-state index is 0.440. The van der Waals surface area contributed by atoms with E-state index in [1.165, 1.54) is 0 Å². The lowest BCUT2D eigenvalue weighted by atomic mass is 10.0. The van der Waals surface area contributed by atoms with E-state index in [2.05, 4.69) is 0 Å². The molecule has 1 N–H and O–H groups in total. The topological polar surface area (TPSA) is 38.7 Å². The van der Waals surface area contributed by atoms with Gasteiger partial charge in [-0.3, -0.25) is 0 Å². The smallest absolute Gasteiger partial charge is 0.160 e.